The molecule has 1 aromatic heterocycles. The van der Waals surface area contributed by atoms with E-state index in [0.29, 0.717) is 11.1 Å². The first kappa shape index (κ1) is 12.9. The Kier molecular flexibility index (Phi) is 3.77. The second-order valence-electron chi connectivity index (χ2n) is 5.88. The van der Waals surface area contributed by atoms with Crippen LogP contribution in [-0.2, 0) is 12.8 Å². The molecule has 0 saturated carbocycles. The Labute approximate surface area is 110 Å². The molecule has 1 aliphatic carbocycles. The average Bonchev–Trinajstić information content (AvgIpc) is 2.27. The highest BCUT2D eigenvalue weighted by molar-refractivity contribution is 6.30. The van der Waals surface area contributed by atoms with E-state index >= 15 is 0 Å². The summed E-state index contributed by atoms with van der Waals surface area (Å²) in [7, 11) is 0. The van der Waals surface area contributed by atoms with Crippen molar-refractivity contribution in [1.82, 2.24) is 4.98 Å². The topological polar surface area (TPSA) is 12.9 Å². The van der Waals surface area contributed by atoms with Gasteiger partial charge in [0, 0.05) is 5.69 Å². The summed E-state index contributed by atoms with van der Waals surface area (Å²) in [5.74, 6) is 2.03. The Balaban J connectivity index is 2.33. The molecule has 17 heavy (non-hydrogen) atoms. The molecule has 0 spiro atoms. The van der Waals surface area contributed by atoms with E-state index in [2.05, 4.69) is 38.7 Å². The zero-order valence-corrected chi connectivity index (χ0v) is 12.0. The fourth-order valence-corrected chi connectivity index (χ4v) is 3.03. The molecule has 0 saturated heterocycles. The van der Waals surface area contributed by atoms with Gasteiger partial charge in [0.15, 0.2) is 0 Å². The predicted octanol–water partition coefficient (Wildman–Crippen LogP) is 4.62. The minimum Gasteiger partial charge on any atom is -0.241 e. The van der Waals surface area contributed by atoms with E-state index in [1.165, 1.54) is 29.7 Å². The van der Waals surface area contributed by atoms with E-state index in [-0.39, 0.29) is 0 Å². The molecule has 0 fully saturated rings. The fourth-order valence-electron chi connectivity index (χ4n) is 2.66. The summed E-state index contributed by atoms with van der Waals surface area (Å²) < 4.78 is 0. The first-order chi connectivity index (χ1) is 7.99. The largest absolute Gasteiger partial charge is 0.241 e. The van der Waals surface area contributed by atoms with Gasteiger partial charge in [-0.05, 0) is 48.1 Å². The zero-order valence-electron chi connectivity index (χ0n) is 11.3. The standard InChI is InChI=1S/C15H22ClN/c1-9(2)11-5-6-14-12(7-11)8-13(10(3)4)15(16)17-14/h8-11H,5-7H2,1-4H3. The van der Waals surface area contributed by atoms with Gasteiger partial charge >= 0.3 is 0 Å². The molecule has 0 N–H and O–H groups in total. The van der Waals surface area contributed by atoms with E-state index < -0.39 is 0 Å². The molecule has 1 aliphatic rings. The summed E-state index contributed by atoms with van der Waals surface area (Å²) in [5, 5.41) is 0.710. The van der Waals surface area contributed by atoms with Gasteiger partial charge in [-0.25, -0.2) is 4.98 Å². The molecule has 0 amide bonds. The van der Waals surface area contributed by atoms with Crippen molar-refractivity contribution < 1.29 is 0 Å². The number of halogens is 1. The fraction of sp³-hybridized carbons (Fsp3) is 0.667. The van der Waals surface area contributed by atoms with E-state index in [0.717, 1.165) is 18.3 Å². The SMILES string of the molecule is CC(C)c1cc2c(nc1Cl)CCC(C(C)C)C2. The van der Waals surface area contributed by atoms with Gasteiger partial charge in [-0.15, -0.1) is 0 Å². The molecule has 0 radical (unpaired) electrons. The summed E-state index contributed by atoms with van der Waals surface area (Å²) >= 11 is 6.24. The monoisotopic (exact) mass is 251 g/mol. The summed E-state index contributed by atoms with van der Waals surface area (Å²) in [6.45, 7) is 9.00. The van der Waals surface area contributed by atoms with Crippen LogP contribution in [0.25, 0.3) is 0 Å². The summed E-state index contributed by atoms with van der Waals surface area (Å²) in [6.07, 6.45) is 3.53. The number of hydrogen-bond donors (Lipinski definition) is 0. The van der Waals surface area contributed by atoms with Crippen LogP contribution in [0.2, 0.25) is 5.15 Å². The third-order valence-corrected chi connectivity index (χ3v) is 4.27. The Morgan fingerprint density at radius 2 is 2.00 bits per heavy atom. The molecule has 1 heterocycles. The van der Waals surface area contributed by atoms with Crippen molar-refractivity contribution in [2.24, 2.45) is 11.8 Å². The quantitative estimate of drug-likeness (QED) is 0.699. The summed E-state index contributed by atoms with van der Waals surface area (Å²) in [6, 6.07) is 2.30. The van der Waals surface area contributed by atoms with Gasteiger partial charge in [0.2, 0.25) is 0 Å². The Bertz CT molecular complexity index is 410. The molecule has 0 aliphatic heterocycles. The Hall–Kier alpha value is -0.560. The number of rotatable bonds is 2. The normalized spacial score (nSPS) is 19.8. The van der Waals surface area contributed by atoms with Crippen molar-refractivity contribution in [2.45, 2.75) is 52.9 Å². The van der Waals surface area contributed by atoms with Crippen molar-refractivity contribution in [3.63, 3.8) is 0 Å². The number of hydrogen-bond acceptors (Lipinski definition) is 1. The van der Waals surface area contributed by atoms with Gasteiger partial charge in [-0.2, -0.15) is 0 Å². The number of pyridine rings is 1. The second kappa shape index (κ2) is 4.97. The molecule has 2 heteroatoms. The lowest BCUT2D eigenvalue weighted by molar-refractivity contribution is 0.340. The molecule has 94 valence electrons. The molecule has 2 rings (SSSR count). The Morgan fingerprint density at radius 3 is 2.59 bits per heavy atom. The van der Waals surface area contributed by atoms with Gasteiger partial charge in [0.05, 0.1) is 0 Å². The molecular weight excluding hydrogens is 230 g/mol. The Morgan fingerprint density at radius 1 is 1.29 bits per heavy atom. The molecule has 1 atom stereocenters. The number of aromatic nitrogens is 1. The van der Waals surface area contributed by atoms with Crippen molar-refractivity contribution in [2.75, 3.05) is 0 Å². The lowest BCUT2D eigenvalue weighted by Gasteiger charge is -2.27. The van der Waals surface area contributed by atoms with Gasteiger partial charge in [-0.1, -0.05) is 45.4 Å². The van der Waals surface area contributed by atoms with Crippen LogP contribution in [0.15, 0.2) is 6.07 Å². The third kappa shape index (κ3) is 2.65. The highest BCUT2D eigenvalue weighted by Crippen LogP contribution is 2.33. The second-order valence-corrected chi connectivity index (χ2v) is 6.23. The van der Waals surface area contributed by atoms with Crippen LogP contribution in [0.1, 0.15) is 56.9 Å². The molecular formula is C15H22ClN. The van der Waals surface area contributed by atoms with Crippen LogP contribution in [-0.4, -0.2) is 4.98 Å². The van der Waals surface area contributed by atoms with E-state index in [1.54, 1.807) is 0 Å². The van der Waals surface area contributed by atoms with Gasteiger partial charge in [0.25, 0.3) is 0 Å². The first-order valence-corrected chi connectivity index (χ1v) is 7.05. The van der Waals surface area contributed by atoms with Crippen LogP contribution < -0.4 is 0 Å². The predicted molar refractivity (Wildman–Crippen MR) is 73.7 cm³/mol. The highest BCUT2D eigenvalue weighted by atomic mass is 35.5. The number of fused-ring (bicyclic) bond motifs is 1. The molecule has 1 aromatic rings. The van der Waals surface area contributed by atoms with Crippen LogP contribution in [0.3, 0.4) is 0 Å². The maximum absolute atomic E-state index is 6.24. The van der Waals surface area contributed by atoms with Crippen LogP contribution in [0.5, 0.6) is 0 Å². The van der Waals surface area contributed by atoms with Crippen molar-refractivity contribution in [1.29, 1.82) is 0 Å². The first-order valence-electron chi connectivity index (χ1n) is 6.67. The van der Waals surface area contributed by atoms with E-state index in [4.69, 9.17) is 11.6 Å². The maximum atomic E-state index is 6.24. The van der Waals surface area contributed by atoms with Crippen molar-refractivity contribution >= 4 is 11.6 Å². The summed E-state index contributed by atoms with van der Waals surface area (Å²) in [5.41, 5.74) is 3.87. The third-order valence-electron chi connectivity index (χ3n) is 3.97. The summed E-state index contributed by atoms with van der Waals surface area (Å²) in [4.78, 5) is 4.59. The molecule has 1 unspecified atom stereocenters. The van der Waals surface area contributed by atoms with Crippen LogP contribution in [0.4, 0.5) is 0 Å². The van der Waals surface area contributed by atoms with Crippen LogP contribution >= 0.6 is 11.6 Å². The highest BCUT2D eigenvalue weighted by Gasteiger charge is 2.23. The minimum atomic E-state index is 0.458. The lowest BCUT2D eigenvalue weighted by Crippen LogP contribution is -2.20. The minimum absolute atomic E-state index is 0.458. The average molecular weight is 252 g/mol. The zero-order chi connectivity index (χ0) is 12.6. The molecule has 0 aromatic carbocycles. The number of aryl methyl sites for hydroxylation is 1. The van der Waals surface area contributed by atoms with Gasteiger partial charge in [0.1, 0.15) is 5.15 Å². The lowest BCUT2D eigenvalue weighted by atomic mass is 9.79. The van der Waals surface area contributed by atoms with Crippen LogP contribution in [0, 0.1) is 11.8 Å². The van der Waals surface area contributed by atoms with Crippen molar-refractivity contribution in [3.05, 3.63) is 28.0 Å². The van der Waals surface area contributed by atoms with Gasteiger partial charge in [-0.3, -0.25) is 0 Å². The van der Waals surface area contributed by atoms with E-state index in [1.807, 2.05) is 0 Å². The maximum Gasteiger partial charge on any atom is 0.132 e. The van der Waals surface area contributed by atoms with Gasteiger partial charge < -0.3 is 0 Å². The molecule has 1 nitrogen and oxygen atoms in total. The molecule has 0 bridgehead atoms. The number of nitrogens with zero attached hydrogens (tertiary/aromatic N) is 1. The smallest absolute Gasteiger partial charge is 0.132 e. The van der Waals surface area contributed by atoms with Crippen molar-refractivity contribution in [3.8, 4) is 0 Å². The van der Waals surface area contributed by atoms with E-state index in [9.17, 15) is 0 Å².